The highest BCUT2D eigenvalue weighted by Gasteiger charge is 2.45. The second kappa shape index (κ2) is 4.77. The summed E-state index contributed by atoms with van der Waals surface area (Å²) >= 11 is 0. The van der Waals surface area contributed by atoms with Crippen LogP contribution < -0.4 is 10.6 Å². The molecule has 2 fully saturated rings. The maximum atomic E-state index is 13.1. The predicted octanol–water partition coefficient (Wildman–Crippen LogP) is 1.79. The Balaban J connectivity index is 1.55. The van der Waals surface area contributed by atoms with Crippen LogP contribution in [0.3, 0.4) is 0 Å². The molecule has 6 heteroatoms. The Morgan fingerprint density at radius 3 is 2.85 bits per heavy atom. The highest BCUT2D eigenvalue weighted by atomic mass is 19.3. The van der Waals surface area contributed by atoms with E-state index in [2.05, 4.69) is 10.6 Å². The summed E-state index contributed by atoms with van der Waals surface area (Å²) in [4.78, 5) is 11.8. The zero-order chi connectivity index (χ0) is 14.3. The molecular formula is C14H15F3N2O. The minimum atomic E-state index is -2.81. The van der Waals surface area contributed by atoms with Gasteiger partial charge in [-0.05, 0) is 24.1 Å². The largest absolute Gasteiger partial charge is 0.351 e. The SMILES string of the molecule is O=C(NC1CC1c1cccc(F)c1)C1CC(F)(F)CN1. The van der Waals surface area contributed by atoms with E-state index in [1.165, 1.54) is 12.1 Å². The van der Waals surface area contributed by atoms with Gasteiger partial charge in [0.1, 0.15) is 5.82 Å². The number of halogens is 3. The van der Waals surface area contributed by atoms with Crippen molar-refractivity contribution in [3.63, 3.8) is 0 Å². The van der Waals surface area contributed by atoms with Gasteiger partial charge < -0.3 is 5.32 Å². The molecule has 0 radical (unpaired) electrons. The normalized spacial score (nSPS) is 31.1. The number of hydrogen-bond acceptors (Lipinski definition) is 2. The molecule has 1 heterocycles. The van der Waals surface area contributed by atoms with E-state index in [0.29, 0.717) is 0 Å². The highest BCUT2D eigenvalue weighted by molar-refractivity contribution is 5.83. The summed E-state index contributed by atoms with van der Waals surface area (Å²) in [6.07, 6.45) is 0.258. The molecule has 20 heavy (non-hydrogen) atoms. The third-order valence-corrected chi connectivity index (χ3v) is 3.82. The van der Waals surface area contributed by atoms with Gasteiger partial charge in [-0.15, -0.1) is 0 Å². The van der Waals surface area contributed by atoms with Crippen LogP contribution in [0.25, 0.3) is 0 Å². The molecular weight excluding hydrogens is 269 g/mol. The van der Waals surface area contributed by atoms with E-state index in [9.17, 15) is 18.0 Å². The fraction of sp³-hybridized carbons (Fsp3) is 0.500. The van der Waals surface area contributed by atoms with Crippen molar-refractivity contribution < 1.29 is 18.0 Å². The van der Waals surface area contributed by atoms with Gasteiger partial charge in [-0.2, -0.15) is 0 Å². The van der Waals surface area contributed by atoms with Crippen molar-refractivity contribution in [1.82, 2.24) is 10.6 Å². The summed E-state index contributed by atoms with van der Waals surface area (Å²) in [7, 11) is 0. The minimum Gasteiger partial charge on any atom is -0.351 e. The minimum absolute atomic E-state index is 0.0802. The number of hydrogen-bond donors (Lipinski definition) is 2. The Labute approximate surface area is 114 Å². The first-order valence-corrected chi connectivity index (χ1v) is 6.62. The molecule has 1 aromatic carbocycles. The Bertz CT molecular complexity index is 535. The van der Waals surface area contributed by atoms with Crippen LogP contribution in [0.4, 0.5) is 13.2 Å². The summed E-state index contributed by atoms with van der Waals surface area (Å²) in [6.45, 7) is -0.455. The third kappa shape index (κ3) is 2.80. The maximum absolute atomic E-state index is 13.1. The van der Waals surface area contributed by atoms with Crippen LogP contribution in [0.15, 0.2) is 24.3 Å². The lowest BCUT2D eigenvalue weighted by Crippen LogP contribution is -2.41. The number of carbonyl (C=O) groups is 1. The summed E-state index contributed by atoms with van der Waals surface area (Å²) in [5, 5.41) is 5.27. The van der Waals surface area contributed by atoms with Gasteiger partial charge in [-0.25, -0.2) is 13.2 Å². The quantitative estimate of drug-likeness (QED) is 0.888. The van der Waals surface area contributed by atoms with Crippen molar-refractivity contribution in [1.29, 1.82) is 0 Å². The Kier molecular flexibility index (Phi) is 3.20. The summed E-state index contributed by atoms with van der Waals surface area (Å²) in [5.74, 6) is -3.44. The lowest BCUT2D eigenvalue weighted by atomic mass is 10.1. The highest BCUT2D eigenvalue weighted by Crippen LogP contribution is 2.41. The van der Waals surface area contributed by atoms with Gasteiger partial charge in [0.2, 0.25) is 5.91 Å². The molecule has 1 saturated carbocycles. The molecule has 1 amide bonds. The molecule has 1 aliphatic carbocycles. The number of amides is 1. The Morgan fingerprint density at radius 2 is 2.20 bits per heavy atom. The molecule has 0 bridgehead atoms. The molecule has 108 valence electrons. The third-order valence-electron chi connectivity index (χ3n) is 3.82. The first kappa shape index (κ1) is 13.4. The summed E-state index contributed by atoms with van der Waals surface area (Å²) < 4.78 is 39.1. The molecule has 1 aliphatic heterocycles. The van der Waals surface area contributed by atoms with E-state index >= 15 is 0 Å². The van der Waals surface area contributed by atoms with Crippen LogP contribution >= 0.6 is 0 Å². The molecule has 1 saturated heterocycles. The van der Waals surface area contributed by atoms with E-state index in [-0.39, 0.29) is 17.8 Å². The number of rotatable bonds is 3. The second-order valence-electron chi connectivity index (χ2n) is 5.51. The number of benzene rings is 1. The van der Waals surface area contributed by atoms with Crippen molar-refractivity contribution in [3.8, 4) is 0 Å². The number of carbonyl (C=O) groups excluding carboxylic acids is 1. The standard InChI is InChI=1S/C14H15F3N2O/c15-9-3-1-2-8(4-9)10-5-11(10)19-13(20)12-6-14(16,17)7-18-12/h1-4,10-12,18H,5-7H2,(H,19,20). The summed E-state index contributed by atoms with van der Waals surface area (Å²) in [5.41, 5.74) is 0.833. The zero-order valence-corrected chi connectivity index (χ0v) is 10.7. The molecule has 1 aromatic rings. The molecule has 3 unspecified atom stereocenters. The van der Waals surface area contributed by atoms with E-state index in [0.717, 1.165) is 12.0 Å². The fourth-order valence-electron chi connectivity index (χ4n) is 2.64. The molecule has 0 spiro atoms. The van der Waals surface area contributed by atoms with Gasteiger partial charge in [-0.3, -0.25) is 10.1 Å². The monoisotopic (exact) mass is 284 g/mol. The molecule has 3 nitrogen and oxygen atoms in total. The van der Waals surface area contributed by atoms with Crippen molar-refractivity contribution in [2.75, 3.05) is 6.54 Å². The van der Waals surface area contributed by atoms with Crippen molar-refractivity contribution in [3.05, 3.63) is 35.6 Å². The molecule has 3 rings (SSSR count). The van der Waals surface area contributed by atoms with Gasteiger partial charge in [-0.1, -0.05) is 12.1 Å². The lowest BCUT2D eigenvalue weighted by molar-refractivity contribution is -0.123. The van der Waals surface area contributed by atoms with Gasteiger partial charge in [0.25, 0.3) is 5.92 Å². The van der Waals surface area contributed by atoms with Crippen molar-refractivity contribution in [2.24, 2.45) is 0 Å². The van der Waals surface area contributed by atoms with Gasteiger partial charge in [0, 0.05) is 18.4 Å². The van der Waals surface area contributed by atoms with E-state index in [4.69, 9.17) is 0 Å². The Morgan fingerprint density at radius 1 is 1.40 bits per heavy atom. The van der Waals surface area contributed by atoms with Crippen LogP contribution in [0.2, 0.25) is 0 Å². The van der Waals surface area contributed by atoms with Crippen molar-refractivity contribution >= 4 is 5.91 Å². The first-order chi connectivity index (χ1) is 9.44. The average molecular weight is 284 g/mol. The molecule has 2 N–H and O–H groups in total. The summed E-state index contributed by atoms with van der Waals surface area (Å²) in [6, 6.07) is 5.32. The maximum Gasteiger partial charge on any atom is 0.262 e. The van der Waals surface area contributed by atoms with Crippen LogP contribution in [0.5, 0.6) is 0 Å². The fourth-order valence-corrected chi connectivity index (χ4v) is 2.64. The molecule has 0 aromatic heterocycles. The average Bonchev–Trinajstić information content (AvgIpc) is 3.04. The number of alkyl halides is 2. The molecule has 3 atom stereocenters. The van der Waals surface area contributed by atoms with Crippen LogP contribution in [-0.4, -0.2) is 30.5 Å². The van der Waals surface area contributed by atoms with Gasteiger partial charge in [0.05, 0.1) is 12.6 Å². The predicted molar refractivity (Wildman–Crippen MR) is 67.0 cm³/mol. The smallest absolute Gasteiger partial charge is 0.262 e. The zero-order valence-electron chi connectivity index (χ0n) is 10.7. The molecule has 2 aliphatic rings. The Hall–Kier alpha value is -1.56. The van der Waals surface area contributed by atoms with Gasteiger partial charge >= 0.3 is 0 Å². The van der Waals surface area contributed by atoms with Crippen LogP contribution in [-0.2, 0) is 4.79 Å². The van der Waals surface area contributed by atoms with E-state index in [1.807, 2.05) is 6.07 Å². The van der Waals surface area contributed by atoms with Crippen LogP contribution in [0, 0.1) is 5.82 Å². The van der Waals surface area contributed by atoms with E-state index < -0.39 is 30.8 Å². The topological polar surface area (TPSA) is 41.1 Å². The lowest BCUT2D eigenvalue weighted by Gasteiger charge is -2.11. The van der Waals surface area contributed by atoms with E-state index in [1.54, 1.807) is 6.07 Å². The number of nitrogens with one attached hydrogen (secondary N) is 2. The van der Waals surface area contributed by atoms with Gasteiger partial charge in [0.15, 0.2) is 0 Å². The first-order valence-electron chi connectivity index (χ1n) is 6.62. The van der Waals surface area contributed by atoms with Crippen LogP contribution in [0.1, 0.15) is 24.3 Å². The van der Waals surface area contributed by atoms with Crippen molar-refractivity contribution in [2.45, 2.75) is 36.8 Å². The second-order valence-corrected chi connectivity index (χ2v) is 5.51.